The van der Waals surface area contributed by atoms with Crippen LogP contribution in [0.5, 0.6) is 0 Å². The van der Waals surface area contributed by atoms with Gasteiger partial charge in [-0.15, -0.1) is 0 Å². The van der Waals surface area contributed by atoms with Crippen LogP contribution in [0.1, 0.15) is 85.0 Å². The number of allylic oxidation sites excluding steroid dienone is 1. The molecule has 0 aromatic rings. The van der Waals surface area contributed by atoms with Crippen LogP contribution >= 0.6 is 0 Å². The van der Waals surface area contributed by atoms with Crippen LogP contribution in [-0.2, 0) is 4.79 Å². The van der Waals surface area contributed by atoms with Gasteiger partial charge in [0.1, 0.15) is 0 Å². The number of rotatable bonds is 4. The van der Waals surface area contributed by atoms with Crippen molar-refractivity contribution in [3.63, 3.8) is 0 Å². The topological polar surface area (TPSA) is 57.5 Å². The number of hydrogen-bond acceptors (Lipinski definition) is 2. The highest BCUT2D eigenvalue weighted by Crippen LogP contribution is 2.67. The Kier molecular flexibility index (Phi) is 4.98. The molecule has 4 aliphatic carbocycles. The fourth-order valence-corrected chi connectivity index (χ4v) is 8.17. The number of aliphatic hydroxyl groups is 1. The van der Waals surface area contributed by atoms with Gasteiger partial charge in [0.2, 0.25) is 0 Å². The predicted octanol–water partition coefficient (Wildman–Crippen LogP) is 5.43. The molecule has 4 aliphatic rings. The van der Waals surface area contributed by atoms with Gasteiger partial charge in [0.15, 0.2) is 0 Å². The summed E-state index contributed by atoms with van der Waals surface area (Å²) in [6, 6.07) is 0. The number of aliphatic hydroxyl groups excluding tert-OH is 1. The highest BCUT2D eigenvalue weighted by molar-refractivity contribution is 5.66. The molecular formula is C24H38O3. The van der Waals surface area contributed by atoms with E-state index in [0.29, 0.717) is 29.1 Å². The first kappa shape index (κ1) is 19.5. The van der Waals surface area contributed by atoms with E-state index in [2.05, 4.69) is 26.8 Å². The highest BCUT2D eigenvalue weighted by atomic mass is 16.4. The minimum absolute atomic E-state index is 0.124. The van der Waals surface area contributed by atoms with Crippen LogP contribution in [0.25, 0.3) is 0 Å². The summed E-state index contributed by atoms with van der Waals surface area (Å²) >= 11 is 0. The third-order valence-electron chi connectivity index (χ3n) is 9.65. The molecule has 0 saturated heterocycles. The molecule has 0 aliphatic heterocycles. The zero-order chi connectivity index (χ0) is 19.4. The van der Waals surface area contributed by atoms with E-state index in [-0.39, 0.29) is 6.10 Å². The van der Waals surface area contributed by atoms with Crippen molar-refractivity contribution in [3.05, 3.63) is 11.6 Å². The lowest BCUT2D eigenvalue weighted by atomic mass is 9.47. The lowest BCUT2D eigenvalue weighted by molar-refractivity contribution is -0.137. The van der Waals surface area contributed by atoms with Crippen molar-refractivity contribution in [3.8, 4) is 0 Å². The fourth-order valence-electron chi connectivity index (χ4n) is 8.17. The molecular weight excluding hydrogens is 336 g/mol. The molecule has 0 radical (unpaired) electrons. The van der Waals surface area contributed by atoms with Crippen LogP contribution in [0.2, 0.25) is 0 Å². The number of hydrogen-bond donors (Lipinski definition) is 2. The average molecular weight is 375 g/mol. The zero-order valence-corrected chi connectivity index (χ0v) is 17.4. The molecule has 0 aromatic heterocycles. The van der Waals surface area contributed by atoms with Gasteiger partial charge in [-0.1, -0.05) is 32.4 Å². The fraction of sp³-hybridized carbons (Fsp3) is 0.875. The summed E-state index contributed by atoms with van der Waals surface area (Å²) in [7, 11) is 0. The third-order valence-corrected chi connectivity index (χ3v) is 9.65. The van der Waals surface area contributed by atoms with Gasteiger partial charge in [0, 0.05) is 6.42 Å². The molecule has 3 fully saturated rings. The summed E-state index contributed by atoms with van der Waals surface area (Å²) in [5.41, 5.74) is 2.27. The molecule has 0 bridgehead atoms. The maximum atomic E-state index is 11.0. The van der Waals surface area contributed by atoms with Gasteiger partial charge in [0.25, 0.3) is 0 Å². The summed E-state index contributed by atoms with van der Waals surface area (Å²) in [4.78, 5) is 11.0. The molecule has 152 valence electrons. The van der Waals surface area contributed by atoms with Gasteiger partial charge in [-0.05, 0) is 98.2 Å². The quantitative estimate of drug-likeness (QED) is 0.645. The zero-order valence-electron chi connectivity index (χ0n) is 17.4. The van der Waals surface area contributed by atoms with Gasteiger partial charge in [0.05, 0.1) is 6.10 Å². The Morgan fingerprint density at radius 1 is 1.19 bits per heavy atom. The summed E-state index contributed by atoms with van der Waals surface area (Å²) in [6.07, 6.45) is 13.0. The van der Waals surface area contributed by atoms with E-state index in [1.165, 1.54) is 32.1 Å². The van der Waals surface area contributed by atoms with E-state index in [0.717, 1.165) is 43.4 Å². The Bertz CT molecular complexity index is 625. The van der Waals surface area contributed by atoms with Crippen LogP contribution in [0, 0.1) is 40.4 Å². The Balaban J connectivity index is 1.54. The number of fused-ring (bicyclic) bond motifs is 5. The van der Waals surface area contributed by atoms with Crippen LogP contribution < -0.4 is 0 Å². The third kappa shape index (κ3) is 3.09. The molecule has 27 heavy (non-hydrogen) atoms. The molecule has 0 spiro atoms. The van der Waals surface area contributed by atoms with Gasteiger partial charge in [-0.3, -0.25) is 4.79 Å². The lowest BCUT2D eigenvalue weighted by Crippen LogP contribution is -2.50. The van der Waals surface area contributed by atoms with Gasteiger partial charge < -0.3 is 10.2 Å². The van der Waals surface area contributed by atoms with Crippen LogP contribution in [-0.4, -0.2) is 22.3 Å². The molecule has 5 unspecified atom stereocenters. The maximum absolute atomic E-state index is 11.0. The Morgan fingerprint density at radius 3 is 2.70 bits per heavy atom. The normalized spacial score (nSPS) is 47.4. The lowest BCUT2D eigenvalue weighted by Gasteiger charge is -2.58. The van der Waals surface area contributed by atoms with Crippen molar-refractivity contribution in [2.45, 2.75) is 91.1 Å². The van der Waals surface area contributed by atoms with Crippen LogP contribution in [0.15, 0.2) is 11.6 Å². The van der Waals surface area contributed by atoms with Crippen molar-refractivity contribution in [1.29, 1.82) is 0 Å². The molecule has 8 atom stereocenters. The number of carboxylic acid groups (broad SMARTS) is 1. The van der Waals surface area contributed by atoms with E-state index in [1.54, 1.807) is 5.57 Å². The molecule has 3 heteroatoms. The van der Waals surface area contributed by atoms with Crippen molar-refractivity contribution in [2.75, 3.05) is 0 Å². The molecule has 0 aromatic carbocycles. The van der Waals surface area contributed by atoms with E-state index < -0.39 is 5.97 Å². The first-order valence-corrected chi connectivity index (χ1v) is 11.3. The Hall–Kier alpha value is -0.830. The van der Waals surface area contributed by atoms with Crippen LogP contribution in [0.3, 0.4) is 0 Å². The van der Waals surface area contributed by atoms with E-state index in [4.69, 9.17) is 5.11 Å². The van der Waals surface area contributed by atoms with Crippen molar-refractivity contribution in [2.24, 2.45) is 40.4 Å². The molecule has 3 saturated carbocycles. The average Bonchev–Trinajstić information content (AvgIpc) is 2.97. The minimum Gasteiger partial charge on any atom is -0.481 e. The summed E-state index contributed by atoms with van der Waals surface area (Å²) in [5, 5.41) is 19.2. The Morgan fingerprint density at radius 2 is 1.96 bits per heavy atom. The summed E-state index contributed by atoms with van der Waals surface area (Å²) < 4.78 is 0. The number of carbonyl (C=O) groups is 1. The standard InChI is InChI=1S/C24H38O3/c1-15(4-9-22(26)27)19-7-8-20-18-6-5-16-14-17(25)10-12-23(16,2)21(18)11-13-24(19,20)3/h5,15,17-21,25H,4,6-14H2,1-3H3,(H,26,27)/t15?,17-,18?,19?,20?,21?,23+,24-/m1/s1. The van der Waals surface area contributed by atoms with E-state index in [9.17, 15) is 9.90 Å². The number of carboxylic acids is 1. The minimum atomic E-state index is -0.650. The SMILES string of the molecule is CC(CCC(=O)O)C1CCC2C3CC=C4C[C@H](O)CC[C@]4(C)C3CC[C@]12C. The molecule has 4 rings (SSSR count). The van der Waals surface area contributed by atoms with E-state index in [1.807, 2.05) is 0 Å². The summed E-state index contributed by atoms with van der Waals surface area (Å²) in [5.74, 6) is 2.94. The molecule has 3 nitrogen and oxygen atoms in total. The van der Waals surface area contributed by atoms with Crippen molar-refractivity contribution < 1.29 is 15.0 Å². The maximum Gasteiger partial charge on any atom is 0.303 e. The van der Waals surface area contributed by atoms with Gasteiger partial charge in [-0.2, -0.15) is 0 Å². The second-order valence-corrected chi connectivity index (χ2v) is 10.8. The Labute approximate surface area is 164 Å². The first-order valence-electron chi connectivity index (χ1n) is 11.3. The molecule has 2 N–H and O–H groups in total. The van der Waals surface area contributed by atoms with Gasteiger partial charge in [-0.25, -0.2) is 0 Å². The van der Waals surface area contributed by atoms with Crippen molar-refractivity contribution in [1.82, 2.24) is 0 Å². The second-order valence-electron chi connectivity index (χ2n) is 10.8. The number of aliphatic carboxylic acids is 1. The monoisotopic (exact) mass is 374 g/mol. The van der Waals surface area contributed by atoms with Crippen molar-refractivity contribution >= 4 is 5.97 Å². The predicted molar refractivity (Wildman–Crippen MR) is 107 cm³/mol. The smallest absolute Gasteiger partial charge is 0.303 e. The molecule has 0 heterocycles. The van der Waals surface area contributed by atoms with Crippen LogP contribution in [0.4, 0.5) is 0 Å². The largest absolute Gasteiger partial charge is 0.481 e. The van der Waals surface area contributed by atoms with E-state index >= 15 is 0 Å². The second kappa shape index (κ2) is 6.90. The molecule has 0 amide bonds. The highest BCUT2D eigenvalue weighted by Gasteiger charge is 2.59. The first-order chi connectivity index (χ1) is 12.8. The summed E-state index contributed by atoms with van der Waals surface area (Å²) in [6.45, 7) is 7.33. The van der Waals surface area contributed by atoms with Gasteiger partial charge >= 0.3 is 5.97 Å².